The van der Waals surface area contributed by atoms with Gasteiger partial charge < -0.3 is 56.5 Å². The summed E-state index contributed by atoms with van der Waals surface area (Å²) in [6.45, 7) is 1.99. The molecule has 5 atom stereocenters. The van der Waals surface area contributed by atoms with E-state index in [1.165, 1.54) is 18.4 Å². The van der Waals surface area contributed by atoms with Crippen LogP contribution in [-0.4, -0.2) is 122 Å². The minimum absolute atomic E-state index is 0.0252. The highest BCUT2D eigenvalue weighted by atomic mass is 32.1. The summed E-state index contributed by atoms with van der Waals surface area (Å²) in [5.41, 5.74) is 5.41. The SMILES string of the molecule is CCC(C)[C@@H]1NC(=O)[C@@H](NC(=O)OCC2c3ccccc3-c3ccccc32)Cc2ccc(OC)c(c2)Cc2cnc(s2)NCC(=O)NCC(C(=O)O)NC(=O)[C@H](CCC(=O)OC)NC(=O)CNC1=O. The van der Waals surface area contributed by atoms with Gasteiger partial charge in [0.25, 0.3) is 0 Å². The summed E-state index contributed by atoms with van der Waals surface area (Å²) < 4.78 is 16.2. The predicted octanol–water partition coefficient (Wildman–Crippen LogP) is 2.39. The minimum Gasteiger partial charge on any atom is -0.496 e. The van der Waals surface area contributed by atoms with E-state index >= 15 is 0 Å². The first-order valence-corrected chi connectivity index (χ1v) is 23.2. The number of ether oxygens (including phenoxy) is 3. The molecule has 6 amide bonds. The van der Waals surface area contributed by atoms with Crippen molar-refractivity contribution in [3.8, 4) is 16.9 Å². The van der Waals surface area contributed by atoms with E-state index in [1.54, 1.807) is 32.2 Å². The molecule has 4 bridgehead atoms. The molecule has 0 radical (unpaired) electrons. The van der Waals surface area contributed by atoms with Crippen LogP contribution in [0, 0.1) is 5.92 Å². The van der Waals surface area contributed by atoms with Gasteiger partial charge in [0.2, 0.25) is 29.5 Å². The van der Waals surface area contributed by atoms with Gasteiger partial charge in [-0.05, 0) is 51.8 Å². The molecule has 21 heteroatoms. The first kappa shape index (κ1) is 50.9. The Labute approximate surface area is 402 Å². The Bertz CT molecular complexity index is 2510. The van der Waals surface area contributed by atoms with Gasteiger partial charge in [0.05, 0.1) is 27.3 Å². The van der Waals surface area contributed by atoms with Crippen LogP contribution in [0.4, 0.5) is 9.93 Å². The third kappa shape index (κ3) is 13.6. The van der Waals surface area contributed by atoms with Crippen LogP contribution in [0.1, 0.15) is 66.2 Å². The lowest BCUT2D eigenvalue weighted by atomic mass is 9.96. The zero-order valence-corrected chi connectivity index (χ0v) is 39.4. The quantitative estimate of drug-likeness (QED) is 0.106. The van der Waals surface area contributed by atoms with Gasteiger partial charge in [-0.2, -0.15) is 0 Å². The molecule has 0 spiro atoms. The van der Waals surface area contributed by atoms with Crippen LogP contribution in [0.2, 0.25) is 0 Å². The van der Waals surface area contributed by atoms with Gasteiger partial charge in [0.1, 0.15) is 36.5 Å². The number of alkyl carbamates (subject to hydrolysis) is 1. The molecule has 6 rings (SSSR count). The maximum Gasteiger partial charge on any atom is 0.407 e. The molecule has 0 saturated heterocycles. The number of carboxylic acid groups (broad SMARTS) is 1. The van der Waals surface area contributed by atoms with E-state index in [-0.39, 0.29) is 38.3 Å². The fraction of sp³-hybridized carbons (Fsp3) is 0.396. The lowest BCUT2D eigenvalue weighted by Crippen LogP contribution is -2.58. The minimum atomic E-state index is -1.64. The number of anilines is 1. The molecule has 1 aromatic heterocycles. The summed E-state index contributed by atoms with van der Waals surface area (Å²) in [7, 11) is 2.65. The Hall–Kier alpha value is -7.55. The molecular formula is C48H56N8O12S. The molecule has 2 unspecified atom stereocenters. The van der Waals surface area contributed by atoms with E-state index in [1.807, 2.05) is 54.6 Å². The number of hydrogen-bond donors (Lipinski definition) is 8. The number of carboxylic acids is 1. The van der Waals surface area contributed by atoms with E-state index in [9.17, 15) is 43.5 Å². The van der Waals surface area contributed by atoms with E-state index in [4.69, 9.17) is 9.47 Å². The van der Waals surface area contributed by atoms with Crippen molar-refractivity contribution >= 4 is 64.0 Å². The Balaban J connectivity index is 1.28. The average molecular weight is 969 g/mol. The summed E-state index contributed by atoms with van der Waals surface area (Å²) in [6.07, 6.45) is 0.777. The second-order valence-corrected chi connectivity index (χ2v) is 17.7. The van der Waals surface area contributed by atoms with Gasteiger partial charge in [-0.3, -0.25) is 28.8 Å². The molecule has 4 aromatic rings. The topological polar surface area (TPSA) is 282 Å². The van der Waals surface area contributed by atoms with Crippen molar-refractivity contribution in [3.63, 3.8) is 0 Å². The van der Waals surface area contributed by atoms with E-state index in [0.717, 1.165) is 34.2 Å². The number of nitrogens with zero attached hydrogens (tertiary/aromatic N) is 1. The number of hydrogen-bond acceptors (Lipinski definition) is 14. The first-order chi connectivity index (χ1) is 33.2. The van der Waals surface area contributed by atoms with Crippen LogP contribution in [-0.2, 0) is 55.9 Å². The molecule has 20 nitrogen and oxygen atoms in total. The number of aromatic nitrogens is 1. The second kappa shape index (κ2) is 23.9. The molecule has 0 fully saturated rings. The van der Waals surface area contributed by atoms with E-state index in [0.29, 0.717) is 34.8 Å². The highest BCUT2D eigenvalue weighted by molar-refractivity contribution is 7.15. The van der Waals surface area contributed by atoms with Gasteiger partial charge in [-0.15, -0.1) is 11.3 Å². The number of thiazole rings is 1. The van der Waals surface area contributed by atoms with Crippen LogP contribution < -0.4 is 42.0 Å². The van der Waals surface area contributed by atoms with Crippen molar-refractivity contribution in [3.05, 3.63) is 100 Å². The number of aliphatic carboxylic acids is 1. The van der Waals surface area contributed by atoms with Crippen LogP contribution >= 0.6 is 11.3 Å². The number of carbonyl (C=O) groups is 8. The third-order valence-corrected chi connectivity index (χ3v) is 12.9. The third-order valence-electron chi connectivity index (χ3n) is 11.9. The number of benzene rings is 3. The van der Waals surface area contributed by atoms with Gasteiger partial charge in [-0.25, -0.2) is 14.6 Å². The average Bonchev–Trinajstić information content (AvgIpc) is 3.94. The van der Waals surface area contributed by atoms with E-state index < -0.39 is 90.7 Å². The molecule has 2 aliphatic rings. The Kier molecular flexibility index (Phi) is 17.7. The standard InChI is InChI=1S/C48H56N8O12S/c1-5-26(2)42-45(62)50-24-40(58)53-35(15-17-41(59)67-4)43(60)54-37(46(63)64)22-49-39(57)23-52-47-51-21-29(69-47)20-28-18-27(14-16-38(28)66-3)19-36(44(61)56-42)55-48(65)68-25-34-32-12-8-6-10-30(32)31-11-7-9-13-33(31)34/h6-14,16,18,21,26,34-37,42H,5,15,17,19-20,22-25H2,1-4H3,(H,49,57)(H,50,62)(H,51,52)(H,53,58)(H,54,60)(H,55,65)(H,56,61)(H,63,64)/t26?,35-,36-,37?,42-/m0/s1. The van der Waals surface area contributed by atoms with Crippen molar-refractivity contribution in [2.75, 3.05) is 45.8 Å². The van der Waals surface area contributed by atoms with Gasteiger partial charge >= 0.3 is 18.0 Å². The second-order valence-electron chi connectivity index (χ2n) is 16.6. The number of rotatable bonds is 10. The maximum atomic E-state index is 14.4. The fourth-order valence-electron chi connectivity index (χ4n) is 8.00. The van der Waals surface area contributed by atoms with Crippen molar-refractivity contribution in [2.45, 2.75) is 76.0 Å². The van der Waals surface area contributed by atoms with Crippen molar-refractivity contribution in [1.29, 1.82) is 0 Å². The van der Waals surface area contributed by atoms with Crippen LogP contribution in [0.15, 0.2) is 72.9 Å². The van der Waals surface area contributed by atoms with Crippen molar-refractivity contribution in [1.82, 2.24) is 36.9 Å². The summed E-state index contributed by atoms with van der Waals surface area (Å²) in [6, 6.07) is 15.4. The highest BCUT2D eigenvalue weighted by Crippen LogP contribution is 2.44. The largest absolute Gasteiger partial charge is 0.496 e. The first-order valence-electron chi connectivity index (χ1n) is 22.4. The normalized spacial score (nSPS) is 19.9. The number of fused-ring (bicyclic) bond motifs is 7. The summed E-state index contributed by atoms with van der Waals surface area (Å²) in [4.78, 5) is 111. The van der Waals surface area contributed by atoms with Gasteiger partial charge in [0.15, 0.2) is 5.13 Å². The number of esters is 1. The van der Waals surface area contributed by atoms with Crippen LogP contribution in [0.5, 0.6) is 5.75 Å². The molecule has 8 N–H and O–H groups in total. The van der Waals surface area contributed by atoms with Gasteiger partial charge in [-0.1, -0.05) is 80.9 Å². The monoisotopic (exact) mass is 968 g/mol. The molecule has 69 heavy (non-hydrogen) atoms. The summed E-state index contributed by atoms with van der Waals surface area (Å²) in [5, 5.41) is 28.4. The predicted molar refractivity (Wildman–Crippen MR) is 252 cm³/mol. The van der Waals surface area contributed by atoms with Gasteiger partial charge in [0, 0.05) is 42.8 Å². The van der Waals surface area contributed by atoms with Crippen molar-refractivity contribution < 1.29 is 57.7 Å². The summed E-state index contributed by atoms with van der Waals surface area (Å²) >= 11 is 1.25. The Morgan fingerprint density at radius 2 is 1.55 bits per heavy atom. The highest BCUT2D eigenvalue weighted by Gasteiger charge is 2.34. The lowest BCUT2D eigenvalue weighted by molar-refractivity contribution is -0.143. The smallest absolute Gasteiger partial charge is 0.407 e. The fourth-order valence-corrected chi connectivity index (χ4v) is 8.83. The van der Waals surface area contributed by atoms with Crippen LogP contribution in [0.3, 0.4) is 0 Å². The number of carbonyl (C=O) groups excluding carboxylic acids is 7. The zero-order valence-electron chi connectivity index (χ0n) is 38.5. The Morgan fingerprint density at radius 3 is 2.22 bits per heavy atom. The molecule has 366 valence electrons. The molecule has 1 aliphatic heterocycles. The Morgan fingerprint density at radius 1 is 0.855 bits per heavy atom. The number of nitrogens with one attached hydrogen (secondary N) is 7. The number of methoxy groups -OCH3 is 2. The van der Waals surface area contributed by atoms with Crippen LogP contribution in [0.25, 0.3) is 11.1 Å². The molecule has 1 aliphatic carbocycles. The molecular weight excluding hydrogens is 913 g/mol. The molecule has 2 heterocycles. The zero-order chi connectivity index (χ0) is 49.6. The number of amides is 6. The molecule has 0 saturated carbocycles. The summed E-state index contributed by atoms with van der Waals surface area (Å²) in [5.74, 6) is -6.38. The maximum absolute atomic E-state index is 14.4. The van der Waals surface area contributed by atoms with E-state index in [2.05, 4.69) is 46.9 Å². The lowest BCUT2D eigenvalue weighted by Gasteiger charge is -2.27. The molecule has 3 aromatic carbocycles. The van der Waals surface area contributed by atoms with Crippen molar-refractivity contribution in [2.24, 2.45) is 5.92 Å².